The van der Waals surface area contributed by atoms with E-state index in [9.17, 15) is 0 Å². The van der Waals surface area contributed by atoms with Gasteiger partial charge in [0.25, 0.3) is 6.02 Å². The van der Waals surface area contributed by atoms with Crippen LogP contribution in [0.1, 0.15) is 0 Å². The van der Waals surface area contributed by atoms with Crippen LogP contribution in [0.15, 0.2) is 0 Å². The van der Waals surface area contributed by atoms with Crippen molar-refractivity contribution in [1.82, 2.24) is 0 Å². The van der Waals surface area contributed by atoms with E-state index in [2.05, 4.69) is 9.47 Å². The Hall–Kier alpha value is -0.810. The van der Waals surface area contributed by atoms with Gasteiger partial charge in [-0.15, -0.1) is 0 Å². The molecule has 0 atom stereocenters. The van der Waals surface area contributed by atoms with Gasteiger partial charge in [0.05, 0.1) is 13.2 Å². The zero-order valence-electron chi connectivity index (χ0n) is 5.92. The number of amidine groups is 1. The van der Waals surface area contributed by atoms with Crippen molar-refractivity contribution in [2.75, 3.05) is 27.1 Å². The van der Waals surface area contributed by atoms with E-state index in [-0.39, 0.29) is 12.8 Å². The summed E-state index contributed by atoms with van der Waals surface area (Å²) >= 11 is 0. The van der Waals surface area contributed by atoms with Crippen molar-refractivity contribution < 1.29 is 14.2 Å². The highest BCUT2D eigenvalue weighted by Crippen LogP contribution is 1.77. The lowest BCUT2D eigenvalue weighted by atomic mass is 10.8. The van der Waals surface area contributed by atoms with E-state index in [1.807, 2.05) is 0 Å². The number of ether oxygens (including phenoxy) is 3. The first kappa shape index (κ1) is 9.19. The minimum Gasteiger partial charge on any atom is -0.438 e. The number of hydrogen-bond acceptors (Lipinski definition) is 4. The molecule has 3 N–H and O–H groups in total. The maximum atomic E-state index is 6.62. The predicted molar refractivity (Wildman–Crippen MR) is 35.7 cm³/mol. The van der Waals surface area contributed by atoms with Crippen molar-refractivity contribution in [3.8, 4) is 0 Å². The molecule has 0 unspecified atom stereocenters. The smallest absolute Gasteiger partial charge is 0.281 e. The van der Waals surface area contributed by atoms with Gasteiger partial charge in [-0.1, -0.05) is 0 Å². The van der Waals surface area contributed by atoms with Crippen LogP contribution in [0.5, 0.6) is 0 Å². The fraction of sp³-hybridized carbons (Fsp3) is 0.800. The molecule has 0 radical (unpaired) electrons. The second-order valence-electron chi connectivity index (χ2n) is 1.53. The van der Waals surface area contributed by atoms with Crippen molar-refractivity contribution in [2.45, 2.75) is 0 Å². The fourth-order valence-electron chi connectivity index (χ4n) is 0.306. The van der Waals surface area contributed by atoms with Gasteiger partial charge in [0.15, 0.2) is 6.79 Å². The number of hydrogen-bond donors (Lipinski definition) is 2. The Bertz CT molecular complexity index is 96.9. The van der Waals surface area contributed by atoms with Crippen LogP contribution in [0.3, 0.4) is 0 Å². The molecule has 5 nitrogen and oxygen atoms in total. The molecule has 0 aliphatic rings. The van der Waals surface area contributed by atoms with E-state index < -0.39 is 0 Å². The molecule has 0 fully saturated rings. The van der Waals surface area contributed by atoms with E-state index in [0.717, 1.165) is 0 Å². The molecule has 0 saturated heterocycles. The topological polar surface area (TPSA) is 77.6 Å². The van der Waals surface area contributed by atoms with Crippen LogP contribution < -0.4 is 5.73 Å². The van der Waals surface area contributed by atoms with Crippen molar-refractivity contribution in [3.05, 3.63) is 0 Å². The first-order valence-electron chi connectivity index (χ1n) is 2.81. The molecule has 10 heavy (non-hydrogen) atoms. The Morgan fingerprint density at radius 3 is 2.70 bits per heavy atom. The lowest BCUT2D eigenvalue weighted by Gasteiger charge is -2.03. The summed E-state index contributed by atoms with van der Waals surface area (Å²) < 4.78 is 14.0. The van der Waals surface area contributed by atoms with Crippen LogP contribution in [-0.4, -0.2) is 33.1 Å². The van der Waals surface area contributed by atoms with Crippen molar-refractivity contribution in [3.63, 3.8) is 0 Å². The van der Waals surface area contributed by atoms with Gasteiger partial charge in [0, 0.05) is 7.11 Å². The Labute approximate surface area is 59.6 Å². The van der Waals surface area contributed by atoms with E-state index in [4.69, 9.17) is 15.9 Å². The maximum absolute atomic E-state index is 6.62. The first-order valence-corrected chi connectivity index (χ1v) is 2.81. The highest BCUT2D eigenvalue weighted by atomic mass is 16.7. The average molecular weight is 148 g/mol. The summed E-state index contributed by atoms with van der Waals surface area (Å²) in [5.74, 6) is 0. The predicted octanol–water partition coefficient (Wildman–Crippen LogP) is -0.483. The molecule has 0 aromatic carbocycles. The highest BCUT2D eigenvalue weighted by molar-refractivity contribution is 5.67. The lowest BCUT2D eigenvalue weighted by Crippen LogP contribution is -2.17. The molecule has 0 heterocycles. The van der Waals surface area contributed by atoms with Gasteiger partial charge in [-0.05, 0) is 0 Å². The van der Waals surface area contributed by atoms with Crippen molar-refractivity contribution in [1.29, 1.82) is 5.41 Å². The largest absolute Gasteiger partial charge is 0.438 e. The number of rotatable bonds is 5. The van der Waals surface area contributed by atoms with Crippen LogP contribution in [0.2, 0.25) is 0 Å². The zero-order valence-corrected chi connectivity index (χ0v) is 5.92. The van der Waals surface area contributed by atoms with Gasteiger partial charge in [0.2, 0.25) is 0 Å². The normalized spacial score (nSPS) is 9.30. The SMILES string of the molecule is COCCOCOC(=N)N. The van der Waals surface area contributed by atoms with Crippen molar-refractivity contribution >= 4 is 6.02 Å². The van der Waals surface area contributed by atoms with Gasteiger partial charge in [-0.25, -0.2) is 0 Å². The minimum atomic E-state index is -0.336. The van der Waals surface area contributed by atoms with Crippen LogP contribution in [-0.2, 0) is 14.2 Å². The third kappa shape index (κ3) is 7.19. The molecule has 0 amide bonds. The standard InChI is InChI=1S/C5H12N2O3/c1-8-2-3-9-4-10-5(6)7/h2-4H2,1H3,(H3,6,7). The molecular weight excluding hydrogens is 136 g/mol. The molecule has 0 aromatic heterocycles. The second-order valence-corrected chi connectivity index (χ2v) is 1.53. The zero-order chi connectivity index (χ0) is 7.82. The average Bonchev–Trinajstić information content (AvgIpc) is 1.87. The molecule has 5 heteroatoms. The Balaban J connectivity index is 2.84. The quantitative estimate of drug-likeness (QED) is 0.239. The molecule has 0 aliphatic heterocycles. The first-order chi connectivity index (χ1) is 4.77. The van der Waals surface area contributed by atoms with Crippen molar-refractivity contribution in [2.24, 2.45) is 5.73 Å². The van der Waals surface area contributed by atoms with Gasteiger partial charge in [0.1, 0.15) is 0 Å². The van der Waals surface area contributed by atoms with E-state index in [1.54, 1.807) is 7.11 Å². The number of nitrogens with two attached hydrogens (primary N) is 1. The van der Waals surface area contributed by atoms with E-state index in [0.29, 0.717) is 13.2 Å². The van der Waals surface area contributed by atoms with Crippen LogP contribution in [0.25, 0.3) is 0 Å². The maximum Gasteiger partial charge on any atom is 0.281 e. The summed E-state index contributed by atoms with van der Waals surface area (Å²) in [5.41, 5.74) is 4.86. The number of methoxy groups -OCH3 is 1. The lowest BCUT2D eigenvalue weighted by molar-refractivity contribution is -0.0159. The van der Waals surface area contributed by atoms with Gasteiger partial charge >= 0.3 is 0 Å². The minimum absolute atomic E-state index is 0.0126. The molecule has 0 aromatic rings. The summed E-state index contributed by atoms with van der Waals surface area (Å²) in [6, 6.07) is -0.336. The summed E-state index contributed by atoms with van der Waals surface area (Å²) in [5, 5.41) is 6.62. The van der Waals surface area contributed by atoms with Gasteiger partial charge in [-0.2, -0.15) is 0 Å². The molecule has 0 saturated carbocycles. The highest BCUT2D eigenvalue weighted by Gasteiger charge is 1.88. The van der Waals surface area contributed by atoms with Gasteiger partial charge < -0.3 is 19.9 Å². The Kier molecular flexibility index (Phi) is 5.80. The Morgan fingerprint density at radius 1 is 1.50 bits per heavy atom. The fourth-order valence-corrected chi connectivity index (χ4v) is 0.306. The molecule has 0 spiro atoms. The van der Waals surface area contributed by atoms with Crippen LogP contribution in [0, 0.1) is 5.41 Å². The summed E-state index contributed by atoms with van der Waals surface area (Å²) in [7, 11) is 1.58. The van der Waals surface area contributed by atoms with Crippen LogP contribution in [0.4, 0.5) is 0 Å². The molecule has 0 bridgehead atoms. The van der Waals surface area contributed by atoms with Gasteiger partial charge in [-0.3, -0.25) is 5.41 Å². The summed E-state index contributed by atoms with van der Waals surface area (Å²) in [6.45, 7) is 0.976. The third-order valence-corrected chi connectivity index (χ3v) is 0.730. The number of nitrogens with one attached hydrogen (secondary N) is 1. The summed E-state index contributed by atoms with van der Waals surface area (Å²) in [4.78, 5) is 0. The van der Waals surface area contributed by atoms with E-state index >= 15 is 0 Å². The van der Waals surface area contributed by atoms with Crippen LogP contribution >= 0.6 is 0 Å². The van der Waals surface area contributed by atoms with E-state index in [1.165, 1.54) is 0 Å². The third-order valence-electron chi connectivity index (χ3n) is 0.730. The molecule has 0 aliphatic carbocycles. The Morgan fingerprint density at radius 2 is 2.20 bits per heavy atom. The molecule has 0 rings (SSSR count). The molecule has 60 valence electrons. The second kappa shape index (κ2) is 6.31. The molecular formula is C5H12N2O3. The summed E-state index contributed by atoms with van der Waals surface area (Å²) in [6.07, 6.45) is 0. The monoisotopic (exact) mass is 148 g/mol.